The highest BCUT2D eigenvalue weighted by atomic mass is 28.3. The standard InChI is InChI=1S/C6H16O3Si.CH5N/c1-4-7-10(8-5-2)9-6-3;1-2/h10H,4-6H2,1-3H3;2H2,1H3. The van der Waals surface area contributed by atoms with Gasteiger partial charge < -0.3 is 19.0 Å². The van der Waals surface area contributed by atoms with Gasteiger partial charge in [0.2, 0.25) is 0 Å². The Kier molecular flexibility index (Phi) is 16.6. The molecular formula is C7H21NO3Si. The predicted octanol–water partition coefficient (Wildman–Crippen LogP) is 0.388. The van der Waals surface area contributed by atoms with Crippen LogP contribution in [0.5, 0.6) is 0 Å². The van der Waals surface area contributed by atoms with Crippen LogP contribution in [0.25, 0.3) is 0 Å². The van der Waals surface area contributed by atoms with Gasteiger partial charge in [0.15, 0.2) is 0 Å². The second-order valence-corrected chi connectivity index (χ2v) is 3.23. The molecule has 0 rings (SSSR count). The zero-order valence-electron chi connectivity index (χ0n) is 8.50. The Morgan fingerprint density at radius 2 is 1.08 bits per heavy atom. The predicted molar refractivity (Wildman–Crippen MR) is 52.1 cm³/mol. The van der Waals surface area contributed by atoms with Gasteiger partial charge in [-0.3, -0.25) is 0 Å². The van der Waals surface area contributed by atoms with E-state index < -0.39 is 9.53 Å². The molecule has 12 heavy (non-hydrogen) atoms. The second-order valence-electron chi connectivity index (χ2n) is 1.65. The summed E-state index contributed by atoms with van der Waals surface area (Å²) in [6, 6.07) is 0. The molecule has 0 aliphatic carbocycles. The van der Waals surface area contributed by atoms with Gasteiger partial charge in [-0.2, -0.15) is 0 Å². The van der Waals surface area contributed by atoms with Crippen LogP contribution in [0.1, 0.15) is 20.8 Å². The molecule has 0 heterocycles. The van der Waals surface area contributed by atoms with Crippen molar-refractivity contribution in [2.45, 2.75) is 20.8 Å². The minimum atomic E-state index is -1.73. The van der Waals surface area contributed by atoms with Gasteiger partial charge in [-0.1, -0.05) is 0 Å². The van der Waals surface area contributed by atoms with Crippen LogP contribution in [-0.2, 0) is 13.3 Å². The van der Waals surface area contributed by atoms with E-state index in [2.05, 4.69) is 5.73 Å². The highest BCUT2D eigenvalue weighted by molar-refractivity contribution is 6.36. The minimum Gasteiger partial charge on any atom is -0.376 e. The van der Waals surface area contributed by atoms with E-state index in [1.54, 1.807) is 0 Å². The summed E-state index contributed by atoms with van der Waals surface area (Å²) >= 11 is 0. The van der Waals surface area contributed by atoms with E-state index in [1.807, 2.05) is 20.8 Å². The summed E-state index contributed by atoms with van der Waals surface area (Å²) in [5.41, 5.74) is 4.50. The van der Waals surface area contributed by atoms with Crippen LogP contribution >= 0.6 is 0 Å². The molecule has 0 fully saturated rings. The molecule has 0 aromatic heterocycles. The first-order valence-electron chi connectivity index (χ1n) is 4.27. The number of hydrogen-bond acceptors (Lipinski definition) is 4. The molecule has 0 bridgehead atoms. The zero-order chi connectivity index (χ0) is 9.82. The van der Waals surface area contributed by atoms with Crippen LogP contribution in [0.15, 0.2) is 0 Å². The summed E-state index contributed by atoms with van der Waals surface area (Å²) in [6.45, 7) is 7.86. The first-order chi connectivity index (χ1) is 5.85. The Bertz CT molecular complexity index is 61.4. The Balaban J connectivity index is 0. The first kappa shape index (κ1) is 14.6. The van der Waals surface area contributed by atoms with E-state index in [0.29, 0.717) is 19.8 Å². The summed E-state index contributed by atoms with van der Waals surface area (Å²) in [7, 11) is -0.234. The molecule has 0 radical (unpaired) electrons. The molecule has 0 amide bonds. The smallest absolute Gasteiger partial charge is 0.376 e. The van der Waals surface area contributed by atoms with E-state index >= 15 is 0 Å². The van der Waals surface area contributed by atoms with Crippen molar-refractivity contribution in [2.75, 3.05) is 26.9 Å². The van der Waals surface area contributed by atoms with Gasteiger partial charge in [-0.15, -0.1) is 0 Å². The van der Waals surface area contributed by atoms with Gasteiger partial charge in [0.05, 0.1) is 0 Å². The van der Waals surface area contributed by atoms with Gasteiger partial charge in [0.25, 0.3) is 0 Å². The molecule has 5 heteroatoms. The number of nitrogens with two attached hydrogens (primary N) is 1. The Labute approximate surface area is 77.0 Å². The highest BCUT2D eigenvalue weighted by Gasteiger charge is 2.11. The molecule has 0 atom stereocenters. The van der Waals surface area contributed by atoms with Crippen molar-refractivity contribution in [1.82, 2.24) is 0 Å². The Morgan fingerprint density at radius 1 is 0.833 bits per heavy atom. The minimum absolute atomic E-state index is 0.677. The van der Waals surface area contributed by atoms with Crippen molar-refractivity contribution in [2.24, 2.45) is 5.73 Å². The zero-order valence-corrected chi connectivity index (χ0v) is 9.66. The molecule has 76 valence electrons. The van der Waals surface area contributed by atoms with Crippen LogP contribution in [0.4, 0.5) is 0 Å². The van der Waals surface area contributed by atoms with E-state index in [-0.39, 0.29) is 0 Å². The van der Waals surface area contributed by atoms with Gasteiger partial charge >= 0.3 is 9.53 Å². The lowest BCUT2D eigenvalue weighted by atomic mass is 10.9. The van der Waals surface area contributed by atoms with E-state index in [1.165, 1.54) is 7.05 Å². The normalized spacial score (nSPS) is 9.50. The third kappa shape index (κ3) is 10.1. The quantitative estimate of drug-likeness (QED) is 0.623. The van der Waals surface area contributed by atoms with E-state index in [4.69, 9.17) is 13.3 Å². The maximum Gasteiger partial charge on any atom is 0.484 e. The summed E-state index contributed by atoms with van der Waals surface area (Å²) in [5, 5.41) is 0. The van der Waals surface area contributed by atoms with Crippen LogP contribution in [0.2, 0.25) is 0 Å². The van der Waals surface area contributed by atoms with Crippen molar-refractivity contribution in [3.63, 3.8) is 0 Å². The molecule has 0 aromatic carbocycles. The molecule has 0 spiro atoms. The molecule has 0 unspecified atom stereocenters. The van der Waals surface area contributed by atoms with Crippen LogP contribution < -0.4 is 5.73 Å². The van der Waals surface area contributed by atoms with Gasteiger partial charge in [-0.25, -0.2) is 0 Å². The number of rotatable bonds is 6. The fraction of sp³-hybridized carbons (Fsp3) is 1.00. The summed E-state index contributed by atoms with van der Waals surface area (Å²) in [5.74, 6) is 0. The SMILES string of the molecule is CCO[SiH](OCC)OCC.CN. The first-order valence-corrected chi connectivity index (χ1v) is 5.69. The van der Waals surface area contributed by atoms with Gasteiger partial charge in [0, 0.05) is 19.8 Å². The number of hydrogen-bond donors (Lipinski definition) is 1. The highest BCUT2D eigenvalue weighted by Crippen LogP contribution is 1.90. The average molecular weight is 195 g/mol. The van der Waals surface area contributed by atoms with Crippen LogP contribution in [0, 0.1) is 0 Å². The molecule has 0 saturated carbocycles. The second kappa shape index (κ2) is 13.6. The van der Waals surface area contributed by atoms with Crippen molar-refractivity contribution >= 4 is 9.53 Å². The lowest BCUT2D eigenvalue weighted by Crippen LogP contribution is -2.27. The lowest BCUT2D eigenvalue weighted by Gasteiger charge is -2.12. The fourth-order valence-corrected chi connectivity index (χ4v) is 1.66. The van der Waals surface area contributed by atoms with Crippen molar-refractivity contribution in [3.8, 4) is 0 Å². The molecule has 0 aliphatic heterocycles. The third-order valence-electron chi connectivity index (χ3n) is 0.908. The topological polar surface area (TPSA) is 53.7 Å². The van der Waals surface area contributed by atoms with Crippen LogP contribution in [0.3, 0.4) is 0 Å². The van der Waals surface area contributed by atoms with E-state index in [9.17, 15) is 0 Å². The molecule has 4 nitrogen and oxygen atoms in total. The molecule has 0 aromatic rings. The summed E-state index contributed by atoms with van der Waals surface area (Å²) in [4.78, 5) is 0. The molecular weight excluding hydrogens is 174 g/mol. The van der Waals surface area contributed by atoms with Crippen LogP contribution in [-0.4, -0.2) is 36.4 Å². The van der Waals surface area contributed by atoms with E-state index in [0.717, 1.165) is 0 Å². The Morgan fingerprint density at radius 3 is 1.25 bits per heavy atom. The molecule has 0 aliphatic rings. The summed E-state index contributed by atoms with van der Waals surface area (Å²) in [6.07, 6.45) is 0. The van der Waals surface area contributed by atoms with Gasteiger partial charge in [0.1, 0.15) is 0 Å². The average Bonchev–Trinajstić information content (AvgIpc) is 2.10. The summed E-state index contributed by atoms with van der Waals surface area (Å²) < 4.78 is 15.7. The van der Waals surface area contributed by atoms with Crippen molar-refractivity contribution in [3.05, 3.63) is 0 Å². The largest absolute Gasteiger partial charge is 0.484 e. The molecule has 0 saturated heterocycles. The third-order valence-corrected chi connectivity index (χ3v) is 2.72. The fourth-order valence-electron chi connectivity index (χ4n) is 0.553. The van der Waals surface area contributed by atoms with Crippen molar-refractivity contribution < 1.29 is 13.3 Å². The van der Waals surface area contributed by atoms with Crippen molar-refractivity contribution in [1.29, 1.82) is 0 Å². The monoisotopic (exact) mass is 195 g/mol. The Hall–Kier alpha value is 0.0569. The lowest BCUT2D eigenvalue weighted by molar-refractivity contribution is 0.107. The van der Waals surface area contributed by atoms with Gasteiger partial charge in [-0.05, 0) is 27.8 Å². The molecule has 2 N–H and O–H groups in total. The maximum absolute atomic E-state index is 5.22. The maximum atomic E-state index is 5.22.